The number of carbonyl (C=O) groups excluding carboxylic acids is 1. The number of benzene rings is 1. The van der Waals surface area contributed by atoms with Gasteiger partial charge in [0.1, 0.15) is 5.82 Å². The van der Waals surface area contributed by atoms with Crippen LogP contribution in [0.4, 0.5) is 23.9 Å². The van der Waals surface area contributed by atoms with Crippen molar-refractivity contribution < 1.29 is 31.1 Å². The van der Waals surface area contributed by atoms with Crippen molar-refractivity contribution in [2.75, 3.05) is 12.4 Å². The molecule has 0 aliphatic rings. The molecule has 0 radical (unpaired) electrons. The van der Waals surface area contributed by atoms with E-state index in [1.807, 2.05) is 0 Å². The van der Waals surface area contributed by atoms with Crippen LogP contribution >= 0.6 is 0 Å². The van der Waals surface area contributed by atoms with E-state index in [9.17, 15) is 26.4 Å². The number of methoxy groups -OCH3 is 1. The molecule has 0 aliphatic heterocycles. The smallest absolute Gasteiger partial charge is 0.409 e. The summed E-state index contributed by atoms with van der Waals surface area (Å²) in [5.74, 6) is -0.0741. The third-order valence-corrected chi connectivity index (χ3v) is 4.43. The molecule has 0 spiro atoms. The number of halogens is 3. The van der Waals surface area contributed by atoms with Crippen molar-refractivity contribution in [2.24, 2.45) is 0 Å². The molecular formula is C15H14F3N5O4S. The van der Waals surface area contributed by atoms with Gasteiger partial charge in [-0.3, -0.25) is 5.32 Å². The average molecular weight is 417 g/mol. The van der Waals surface area contributed by atoms with Crippen LogP contribution in [-0.2, 0) is 10.0 Å². The zero-order valence-electron chi connectivity index (χ0n) is 14.5. The van der Waals surface area contributed by atoms with Gasteiger partial charge in [-0.2, -0.15) is 28.1 Å². The highest BCUT2D eigenvalue weighted by atomic mass is 32.2. The Morgan fingerprint density at radius 2 is 1.86 bits per heavy atom. The average Bonchev–Trinajstić information content (AvgIpc) is 2.58. The maximum Gasteiger partial charge on any atom is 0.409 e. The Morgan fingerprint density at radius 3 is 2.50 bits per heavy atom. The fourth-order valence-corrected chi connectivity index (χ4v) is 3.06. The minimum atomic E-state index is -4.63. The van der Waals surface area contributed by atoms with E-state index in [4.69, 9.17) is 4.74 Å². The highest BCUT2D eigenvalue weighted by Gasteiger charge is 2.24. The van der Waals surface area contributed by atoms with E-state index >= 15 is 0 Å². The highest BCUT2D eigenvalue weighted by Crippen LogP contribution is 2.22. The lowest BCUT2D eigenvalue weighted by Crippen LogP contribution is -2.35. The number of urea groups is 1. The van der Waals surface area contributed by atoms with Gasteiger partial charge in [-0.1, -0.05) is 18.2 Å². The van der Waals surface area contributed by atoms with Crippen LogP contribution in [0.15, 0.2) is 35.2 Å². The number of carbonyl (C=O) groups is 1. The summed E-state index contributed by atoms with van der Waals surface area (Å²) < 4.78 is 68.4. The first-order valence-electron chi connectivity index (χ1n) is 7.45. The molecule has 9 nitrogen and oxygen atoms in total. The largest absolute Gasteiger partial charge is 0.467 e. The number of nitrogens with zero attached hydrogens (tertiary/aromatic N) is 3. The number of aryl methyl sites for hydroxylation is 1. The quantitative estimate of drug-likeness (QED) is 0.765. The first-order chi connectivity index (χ1) is 13.0. The fourth-order valence-electron chi connectivity index (χ4n) is 1.96. The van der Waals surface area contributed by atoms with Gasteiger partial charge in [0.15, 0.2) is 0 Å². The first kappa shape index (κ1) is 21.1. The molecule has 2 aromatic rings. The predicted molar refractivity (Wildman–Crippen MR) is 92.0 cm³/mol. The number of aromatic nitrogens is 3. The van der Waals surface area contributed by atoms with E-state index in [0.717, 1.165) is 12.1 Å². The summed E-state index contributed by atoms with van der Waals surface area (Å²) in [4.78, 5) is 22.8. The molecule has 13 heteroatoms. The minimum absolute atomic E-state index is 0.103. The summed E-state index contributed by atoms with van der Waals surface area (Å²) >= 11 is 0. The molecule has 2 amide bonds. The lowest BCUT2D eigenvalue weighted by molar-refractivity contribution is -0.0790. The van der Waals surface area contributed by atoms with Crippen molar-refractivity contribution in [3.05, 3.63) is 41.7 Å². The van der Waals surface area contributed by atoms with E-state index in [1.54, 1.807) is 4.72 Å². The Morgan fingerprint density at radius 1 is 1.18 bits per heavy atom. The van der Waals surface area contributed by atoms with Crippen LogP contribution in [0.25, 0.3) is 6.08 Å². The van der Waals surface area contributed by atoms with Gasteiger partial charge >= 0.3 is 18.2 Å². The SMILES string of the molecule is COc1nc(C)nc(NC(=O)NS(=O)(=O)c2ccccc2C=CC(F)(F)F)n1. The first-order valence-corrected chi connectivity index (χ1v) is 8.94. The zero-order chi connectivity index (χ0) is 20.9. The monoisotopic (exact) mass is 417 g/mol. The molecule has 0 bridgehead atoms. The van der Waals surface area contributed by atoms with Crippen molar-refractivity contribution in [1.82, 2.24) is 19.7 Å². The van der Waals surface area contributed by atoms with E-state index in [2.05, 4.69) is 20.3 Å². The minimum Gasteiger partial charge on any atom is -0.467 e. The number of nitrogens with one attached hydrogen (secondary N) is 2. The number of hydrogen-bond acceptors (Lipinski definition) is 7. The van der Waals surface area contributed by atoms with E-state index < -0.39 is 27.1 Å². The maximum atomic E-state index is 12.4. The number of hydrogen-bond donors (Lipinski definition) is 2. The molecule has 1 aromatic heterocycles. The number of sulfonamides is 1. The van der Waals surface area contributed by atoms with E-state index in [-0.39, 0.29) is 29.4 Å². The number of ether oxygens (including phenoxy) is 1. The second-order valence-corrected chi connectivity index (χ2v) is 6.82. The topological polar surface area (TPSA) is 123 Å². The summed E-state index contributed by atoms with van der Waals surface area (Å²) in [6, 6.07) is 3.55. The summed E-state index contributed by atoms with van der Waals surface area (Å²) in [7, 11) is -3.20. The van der Waals surface area contributed by atoms with Crippen LogP contribution in [0.3, 0.4) is 0 Å². The second kappa shape index (κ2) is 8.21. The van der Waals surface area contributed by atoms with Gasteiger partial charge in [0, 0.05) is 6.08 Å². The van der Waals surface area contributed by atoms with Crippen LogP contribution < -0.4 is 14.8 Å². The summed E-state index contributed by atoms with van der Waals surface area (Å²) in [6.45, 7) is 1.49. The Bertz CT molecular complexity index is 1010. The molecule has 150 valence electrons. The fraction of sp³-hybridized carbons (Fsp3) is 0.200. The van der Waals surface area contributed by atoms with Gasteiger partial charge in [-0.05, 0) is 24.6 Å². The summed E-state index contributed by atoms with van der Waals surface area (Å²) in [5, 5.41) is 2.09. The maximum absolute atomic E-state index is 12.4. The lowest BCUT2D eigenvalue weighted by atomic mass is 10.2. The van der Waals surface area contributed by atoms with Crippen LogP contribution in [0.5, 0.6) is 6.01 Å². The van der Waals surface area contributed by atoms with Crippen molar-refractivity contribution in [1.29, 1.82) is 0 Å². The molecule has 28 heavy (non-hydrogen) atoms. The molecule has 1 heterocycles. The third-order valence-electron chi connectivity index (χ3n) is 3.02. The number of rotatable bonds is 5. The van der Waals surface area contributed by atoms with Gasteiger partial charge in [0.05, 0.1) is 12.0 Å². The number of allylic oxidation sites excluding steroid dienone is 1. The van der Waals surface area contributed by atoms with Crippen LogP contribution in [0, 0.1) is 6.92 Å². The number of amides is 2. The highest BCUT2D eigenvalue weighted by molar-refractivity contribution is 7.90. The van der Waals surface area contributed by atoms with Gasteiger partial charge < -0.3 is 4.74 Å². The number of anilines is 1. The summed E-state index contributed by atoms with van der Waals surface area (Å²) in [5.41, 5.74) is -0.252. The van der Waals surface area contributed by atoms with Crippen molar-refractivity contribution in [3.8, 4) is 6.01 Å². The molecule has 0 fully saturated rings. The molecule has 0 saturated heterocycles. The van der Waals surface area contributed by atoms with Gasteiger partial charge in [0.25, 0.3) is 10.0 Å². The molecule has 0 unspecified atom stereocenters. The zero-order valence-corrected chi connectivity index (χ0v) is 15.3. The Labute approximate surface area is 157 Å². The predicted octanol–water partition coefficient (Wildman–Crippen LogP) is 2.27. The van der Waals surface area contributed by atoms with E-state index in [0.29, 0.717) is 6.08 Å². The Balaban J connectivity index is 2.23. The normalized spacial score (nSPS) is 12.0. The molecule has 0 atom stereocenters. The van der Waals surface area contributed by atoms with Gasteiger partial charge in [-0.15, -0.1) is 0 Å². The van der Waals surface area contributed by atoms with Crippen LogP contribution in [0.1, 0.15) is 11.4 Å². The molecule has 1 aromatic carbocycles. The third kappa shape index (κ3) is 5.90. The standard InChI is InChI=1S/C15H14F3N5O4S/c1-9-19-12(22-14(20-9)27-2)21-13(24)23-28(25,26)11-6-4-3-5-10(11)7-8-15(16,17)18/h3-8H,1-2H3,(H2,19,20,21,22,23,24). The van der Waals surface area contributed by atoms with Crippen molar-refractivity contribution in [3.63, 3.8) is 0 Å². The van der Waals surface area contributed by atoms with Crippen molar-refractivity contribution >= 4 is 28.1 Å². The van der Waals surface area contributed by atoms with Crippen molar-refractivity contribution in [2.45, 2.75) is 18.0 Å². The number of alkyl halides is 3. The lowest BCUT2D eigenvalue weighted by Gasteiger charge is -2.10. The molecule has 2 rings (SSSR count). The molecule has 0 aliphatic carbocycles. The molecule has 2 N–H and O–H groups in total. The molecular weight excluding hydrogens is 403 g/mol. The summed E-state index contributed by atoms with van der Waals surface area (Å²) in [6.07, 6.45) is -4.15. The van der Waals surface area contributed by atoms with Gasteiger partial charge in [-0.25, -0.2) is 17.9 Å². The Hall–Kier alpha value is -3.22. The van der Waals surface area contributed by atoms with Gasteiger partial charge in [0.2, 0.25) is 5.95 Å². The molecule has 0 saturated carbocycles. The van der Waals surface area contributed by atoms with Crippen LogP contribution in [0.2, 0.25) is 0 Å². The second-order valence-electron chi connectivity index (χ2n) is 5.17. The van der Waals surface area contributed by atoms with E-state index in [1.165, 1.54) is 26.2 Å². The Kier molecular flexibility index (Phi) is 6.18. The van der Waals surface area contributed by atoms with Crippen LogP contribution in [-0.4, -0.2) is 42.7 Å².